The van der Waals surface area contributed by atoms with Crippen LogP contribution in [0.3, 0.4) is 0 Å². The van der Waals surface area contributed by atoms with Gasteiger partial charge in [-0.3, -0.25) is 4.79 Å². The van der Waals surface area contributed by atoms with E-state index in [0.717, 1.165) is 5.69 Å². The summed E-state index contributed by atoms with van der Waals surface area (Å²) in [4.78, 5) is 17.9. The van der Waals surface area contributed by atoms with Crippen molar-refractivity contribution >= 4 is 39.0 Å². The molecule has 0 aliphatic carbocycles. The maximum Gasteiger partial charge on any atom is 0.267 e. The highest BCUT2D eigenvalue weighted by molar-refractivity contribution is 9.10. The Kier molecular flexibility index (Phi) is 3.88. The fraction of sp³-hybridized carbons (Fsp3) is 0.0909. The molecule has 1 heterocycles. The molecule has 0 saturated heterocycles. The summed E-state index contributed by atoms with van der Waals surface area (Å²) in [6.07, 6.45) is 1.32. The van der Waals surface area contributed by atoms with Gasteiger partial charge in [0.25, 0.3) is 5.56 Å². The lowest BCUT2D eigenvalue weighted by atomic mass is 10.3. The Morgan fingerprint density at radius 3 is 3.00 bits per heavy atom. The number of ether oxygens (including phenoxy) is 1. The van der Waals surface area contributed by atoms with Crippen LogP contribution in [0, 0.1) is 0 Å². The predicted molar refractivity (Wildman–Crippen MR) is 73.8 cm³/mol. The first-order valence-corrected chi connectivity index (χ1v) is 6.12. The Morgan fingerprint density at radius 2 is 2.28 bits per heavy atom. The van der Waals surface area contributed by atoms with Crippen molar-refractivity contribution in [1.82, 2.24) is 9.97 Å². The Morgan fingerprint density at radius 1 is 1.50 bits per heavy atom. The molecule has 94 valence electrons. The van der Waals surface area contributed by atoms with Gasteiger partial charge in [0, 0.05) is 11.8 Å². The Labute approximate surface area is 116 Å². The Bertz CT molecular complexity index is 630. The van der Waals surface area contributed by atoms with Gasteiger partial charge in [0.2, 0.25) is 0 Å². The number of halogens is 2. The summed E-state index contributed by atoms with van der Waals surface area (Å²) in [5.74, 6) is 0.964. The van der Waals surface area contributed by atoms with Crippen molar-refractivity contribution < 1.29 is 4.74 Å². The molecule has 0 fully saturated rings. The molecule has 1 aromatic carbocycles. The second-order valence-corrected chi connectivity index (χ2v) is 4.57. The van der Waals surface area contributed by atoms with E-state index < -0.39 is 0 Å². The molecule has 2 aromatic rings. The van der Waals surface area contributed by atoms with Crippen LogP contribution in [0.5, 0.6) is 5.75 Å². The Hall–Kier alpha value is -1.53. The van der Waals surface area contributed by atoms with Gasteiger partial charge in [-0.2, -0.15) is 0 Å². The monoisotopic (exact) mass is 329 g/mol. The molecule has 0 atom stereocenters. The van der Waals surface area contributed by atoms with Gasteiger partial charge in [-0.1, -0.05) is 11.6 Å². The molecule has 0 aliphatic heterocycles. The minimum Gasteiger partial charge on any atom is -0.495 e. The van der Waals surface area contributed by atoms with E-state index in [4.69, 9.17) is 16.3 Å². The van der Waals surface area contributed by atoms with Crippen molar-refractivity contribution in [3.63, 3.8) is 0 Å². The largest absolute Gasteiger partial charge is 0.495 e. The summed E-state index contributed by atoms with van der Waals surface area (Å²) >= 11 is 9.08. The maximum atomic E-state index is 11.4. The molecular formula is C11H9BrClN3O2. The minimum atomic E-state index is -0.256. The third-order valence-electron chi connectivity index (χ3n) is 2.21. The van der Waals surface area contributed by atoms with Gasteiger partial charge < -0.3 is 15.0 Å². The van der Waals surface area contributed by atoms with Crippen LogP contribution in [0.25, 0.3) is 0 Å². The summed E-state index contributed by atoms with van der Waals surface area (Å²) < 4.78 is 5.44. The standard InChI is InChI=1S/C11H9BrClN3O2/c1-18-8-4-6(2-3-7(8)13)16-10-9(12)11(17)15-5-14-10/h2-5H,1H3,(H2,14,15,16,17). The Balaban J connectivity index is 2.34. The highest BCUT2D eigenvalue weighted by Crippen LogP contribution is 2.29. The summed E-state index contributed by atoms with van der Waals surface area (Å²) in [5.41, 5.74) is 0.462. The van der Waals surface area contributed by atoms with E-state index in [1.807, 2.05) is 0 Å². The van der Waals surface area contributed by atoms with E-state index in [0.29, 0.717) is 21.1 Å². The fourth-order valence-corrected chi connectivity index (χ4v) is 1.86. The second kappa shape index (κ2) is 5.41. The van der Waals surface area contributed by atoms with Gasteiger partial charge in [0.15, 0.2) is 5.82 Å². The quantitative estimate of drug-likeness (QED) is 0.908. The average molecular weight is 331 g/mol. The third-order valence-corrected chi connectivity index (χ3v) is 3.26. The van der Waals surface area contributed by atoms with E-state index in [1.54, 1.807) is 18.2 Å². The first kappa shape index (κ1) is 12.9. The zero-order valence-electron chi connectivity index (χ0n) is 9.33. The minimum absolute atomic E-state index is 0.256. The molecule has 0 radical (unpaired) electrons. The van der Waals surface area contributed by atoms with Gasteiger partial charge >= 0.3 is 0 Å². The number of aromatic nitrogens is 2. The van der Waals surface area contributed by atoms with Gasteiger partial charge in [0.1, 0.15) is 10.2 Å². The summed E-state index contributed by atoms with van der Waals surface area (Å²) in [6, 6.07) is 5.18. The first-order chi connectivity index (χ1) is 8.61. The lowest BCUT2D eigenvalue weighted by Gasteiger charge is -2.09. The normalized spacial score (nSPS) is 10.2. The van der Waals surface area contributed by atoms with E-state index in [1.165, 1.54) is 13.4 Å². The van der Waals surface area contributed by atoms with Crippen LogP contribution in [0.15, 0.2) is 33.8 Å². The molecule has 7 heteroatoms. The van der Waals surface area contributed by atoms with E-state index in [9.17, 15) is 4.79 Å². The SMILES string of the molecule is COc1cc(Nc2nc[nH]c(=O)c2Br)ccc1Cl. The molecule has 1 aromatic heterocycles. The second-order valence-electron chi connectivity index (χ2n) is 3.37. The zero-order valence-corrected chi connectivity index (χ0v) is 11.7. The van der Waals surface area contributed by atoms with Crippen molar-refractivity contribution in [3.8, 4) is 5.75 Å². The van der Waals surface area contributed by atoms with Crippen molar-refractivity contribution in [1.29, 1.82) is 0 Å². The topological polar surface area (TPSA) is 67.0 Å². The van der Waals surface area contributed by atoms with Crippen molar-refractivity contribution in [2.45, 2.75) is 0 Å². The molecule has 0 spiro atoms. The molecule has 2 N–H and O–H groups in total. The van der Waals surface area contributed by atoms with E-state index in [-0.39, 0.29) is 5.56 Å². The molecule has 0 bridgehead atoms. The maximum absolute atomic E-state index is 11.4. The average Bonchev–Trinajstić information content (AvgIpc) is 2.37. The molecule has 0 amide bonds. The van der Waals surface area contributed by atoms with Crippen LogP contribution in [-0.2, 0) is 0 Å². The smallest absolute Gasteiger partial charge is 0.267 e. The van der Waals surface area contributed by atoms with Gasteiger partial charge in [-0.05, 0) is 28.1 Å². The number of aromatic amines is 1. The number of H-pyrrole nitrogens is 1. The molecular weight excluding hydrogens is 321 g/mol. The number of nitrogens with zero attached hydrogens (tertiary/aromatic N) is 1. The summed E-state index contributed by atoms with van der Waals surface area (Å²) in [7, 11) is 1.53. The number of hydrogen-bond donors (Lipinski definition) is 2. The van der Waals surface area contributed by atoms with Crippen molar-refractivity contribution in [3.05, 3.63) is 44.4 Å². The number of nitrogens with one attached hydrogen (secondary N) is 2. The number of hydrogen-bond acceptors (Lipinski definition) is 4. The fourth-order valence-electron chi connectivity index (χ4n) is 1.34. The van der Waals surface area contributed by atoms with Crippen LogP contribution in [0.4, 0.5) is 11.5 Å². The highest BCUT2D eigenvalue weighted by Gasteiger charge is 2.07. The predicted octanol–water partition coefficient (Wildman–Crippen LogP) is 2.94. The lowest BCUT2D eigenvalue weighted by molar-refractivity contribution is 0.415. The summed E-state index contributed by atoms with van der Waals surface area (Å²) in [5, 5.41) is 3.51. The molecule has 18 heavy (non-hydrogen) atoms. The first-order valence-electron chi connectivity index (χ1n) is 4.95. The lowest BCUT2D eigenvalue weighted by Crippen LogP contribution is -2.10. The van der Waals surface area contributed by atoms with Gasteiger partial charge in [-0.25, -0.2) is 4.98 Å². The number of rotatable bonds is 3. The van der Waals surface area contributed by atoms with Crippen LogP contribution in [0.2, 0.25) is 5.02 Å². The molecule has 2 rings (SSSR count). The van der Waals surface area contributed by atoms with E-state index >= 15 is 0 Å². The molecule has 0 saturated carbocycles. The number of methoxy groups -OCH3 is 1. The third kappa shape index (κ3) is 2.65. The van der Waals surface area contributed by atoms with Crippen LogP contribution >= 0.6 is 27.5 Å². The van der Waals surface area contributed by atoms with Gasteiger partial charge in [-0.15, -0.1) is 0 Å². The zero-order chi connectivity index (χ0) is 13.1. The molecule has 0 unspecified atom stereocenters. The van der Waals surface area contributed by atoms with Gasteiger partial charge in [0.05, 0.1) is 18.5 Å². The molecule has 5 nitrogen and oxygen atoms in total. The van der Waals surface area contributed by atoms with Crippen LogP contribution in [-0.4, -0.2) is 17.1 Å². The number of anilines is 2. The van der Waals surface area contributed by atoms with Crippen molar-refractivity contribution in [2.75, 3.05) is 12.4 Å². The highest BCUT2D eigenvalue weighted by atomic mass is 79.9. The van der Waals surface area contributed by atoms with E-state index in [2.05, 4.69) is 31.2 Å². The summed E-state index contributed by atoms with van der Waals surface area (Å²) in [6.45, 7) is 0. The van der Waals surface area contributed by atoms with Crippen LogP contribution < -0.4 is 15.6 Å². The van der Waals surface area contributed by atoms with Crippen LogP contribution in [0.1, 0.15) is 0 Å². The number of benzene rings is 1. The van der Waals surface area contributed by atoms with Crippen molar-refractivity contribution in [2.24, 2.45) is 0 Å². The molecule has 0 aliphatic rings.